The second-order valence-electron chi connectivity index (χ2n) is 8.53. The summed E-state index contributed by atoms with van der Waals surface area (Å²) >= 11 is 0. The first-order valence-corrected chi connectivity index (χ1v) is 9.42. The van der Waals surface area contributed by atoms with Gasteiger partial charge < -0.3 is 0 Å². The van der Waals surface area contributed by atoms with Crippen LogP contribution in [-0.4, -0.2) is 0 Å². The Labute approximate surface area is 151 Å². The molecular weight excluding hydrogens is 288 g/mol. The first-order chi connectivity index (χ1) is 11.0. The van der Waals surface area contributed by atoms with Crippen LogP contribution in [0.15, 0.2) is 58.2 Å². The standard InChI is InChI=1S/C24H38/c1-17(2)22(7)21(6)16-20(5)18(3)10-11-23-13-15-24(8,9)14-12-19(23)4/h12,14,16,20H,3,10-11,13,15H2,1-2,4-9H3. The summed E-state index contributed by atoms with van der Waals surface area (Å²) in [6.07, 6.45) is 11.8. The molecule has 1 atom stereocenters. The number of hydrogen-bond acceptors (Lipinski definition) is 0. The van der Waals surface area contributed by atoms with Crippen LogP contribution in [0.2, 0.25) is 0 Å². The van der Waals surface area contributed by atoms with Gasteiger partial charge in [-0.1, -0.05) is 73.4 Å². The van der Waals surface area contributed by atoms with Gasteiger partial charge in [-0.3, -0.25) is 0 Å². The molecule has 0 nitrogen and oxygen atoms in total. The zero-order chi connectivity index (χ0) is 18.5. The molecule has 134 valence electrons. The Hall–Kier alpha value is -1.30. The van der Waals surface area contributed by atoms with E-state index in [1.165, 1.54) is 40.7 Å². The molecule has 1 rings (SSSR count). The van der Waals surface area contributed by atoms with Gasteiger partial charge in [-0.25, -0.2) is 0 Å². The lowest BCUT2D eigenvalue weighted by molar-refractivity contribution is 0.437. The average Bonchev–Trinajstić information content (AvgIpc) is 2.63. The van der Waals surface area contributed by atoms with E-state index in [-0.39, 0.29) is 0 Å². The fourth-order valence-electron chi connectivity index (χ4n) is 3.10. The SMILES string of the molecule is C=C(CCC1=C(C)C=CC(C)(C)CC1)C(C)C=C(C)C(C)=C(C)C. The summed E-state index contributed by atoms with van der Waals surface area (Å²) in [6.45, 7) is 22.4. The predicted molar refractivity (Wildman–Crippen MR) is 110 cm³/mol. The maximum absolute atomic E-state index is 4.37. The Morgan fingerprint density at radius 1 is 1.25 bits per heavy atom. The smallest absolute Gasteiger partial charge is 0.00484 e. The summed E-state index contributed by atoms with van der Waals surface area (Å²) in [7, 11) is 0. The fraction of sp³-hybridized carbons (Fsp3) is 0.583. The molecule has 0 heterocycles. The highest BCUT2D eigenvalue weighted by atomic mass is 14.2. The van der Waals surface area contributed by atoms with E-state index in [2.05, 4.69) is 80.2 Å². The van der Waals surface area contributed by atoms with Crippen molar-refractivity contribution in [3.63, 3.8) is 0 Å². The van der Waals surface area contributed by atoms with Crippen LogP contribution >= 0.6 is 0 Å². The van der Waals surface area contributed by atoms with Gasteiger partial charge in [0.05, 0.1) is 0 Å². The second kappa shape index (κ2) is 8.70. The van der Waals surface area contributed by atoms with Crippen molar-refractivity contribution in [3.8, 4) is 0 Å². The van der Waals surface area contributed by atoms with Gasteiger partial charge in [0.2, 0.25) is 0 Å². The third-order valence-electron chi connectivity index (χ3n) is 5.65. The molecule has 0 fully saturated rings. The Morgan fingerprint density at radius 2 is 1.88 bits per heavy atom. The largest absolute Gasteiger partial charge is 0.0993 e. The van der Waals surface area contributed by atoms with Gasteiger partial charge in [0.25, 0.3) is 0 Å². The first-order valence-electron chi connectivity index (χ1n) is 9.42. The summed E-state index contributed by atoms with van der Waals surface area (Å²) in [5, 5.41) is 0. The molecule has 0 amide bonds. The molecule has 1 aliphatic carbocycles. The van der Waals surface area contributed by atoms with Crippen molar-refractivity contribution in [1.29, 1.82) is 0 Å². The van der Waals surface area contributed by atoms with Gasteiger partial charge in [0, 0.05) is 0 Å². The van der Waals surface area contributed by atoms with Crippen molar-refractivity contribution in [3.05, 3.63) is 58.2 Å². The lowest BCUT2D eigenvalue weighted by atomic mass is 9.86. The highest BCUT2D eigenvalue weighted by Gasteiger charge is 2.18. The minimum atomic E-state index is 0.328. The monoisotopic (exact) mass is 326 g/mol. The molecule has 0 bridgehead atoms. The van der Waals surface area contributed by atoms with Crippen molar-refractivity contribution < 1.29 is 0 Å². The average molecular weight is 327 g/mol. The molecule has 24 heavy (non-hydrogen) atoms. The van der Waals surface area contributed by atoms with Gasteiger partial charge >= 0.3 is 0 Å². The van der Waals surface area contributed by atoms with Crippen LogP contribution < -0.4 is 0 Å². The summed E-state index contributed by atoms with van der Waals surface area (Å²) in [5.74, 6) is 0.443. The van der Waals surface area contributed by atoms with Crippen molar-refractivity contribution in [2.24, 2.45) is 11.3 Å². The van der Waals surface area contributed by atoms with Crippen LogP contribution in [0, 0.1) is 11.3 Å². The molecule has 0 radical (unpaired) electrons. The van der Waals surface area contributed by atoms with E-state index >= 15 is 0 Å². The van der Waals surface area contributed by atoms with Crippen molar-refractivity contribution >= 4 is 0 Å². The Balaban J connectivity index is 2.68. The predicted octanol–water partition coefficient (Wildman–Crippen LogP) is 7.95. The van der Waals surface area contributed by atoms with Crippen LogP contribution in [0.4, 0.5) is 0 Å². The van der Waals surface area contributed by atoms with E-state index in [4.69, 9.17) is 0 Å². The summed E-state index contributed by atoms with van der Waals surface area (Å²) in [5.41, 5.74) is 8.95. The van der Waals surface area contributed by atoms with Crippen LogP contribution in [0.25, 0.3) is 0 Å². The van der Waals surface area contributed by atoms with Gasteiger partial charge in [-0.15, -0.1) is 0 Å². The fourth-order valence-corrected chi connectivity index (χ4v) is 3.10. The normalized spacial score (nSPS) is 19.1. The Kier molecular flexibility index (Phi) is 7.52. The summed E-state index contributed by atoms with van der Waals surface area (Å²) < 4.78 is 0. The maximum atomic E-state index is 4.37. The van der Waals surface area contributed by atoms with E-state index in [1.54, 1.807) is 5.57 Å². The van der Waals surface area contributed by atoms with Gasteiger partial charge in [0.1, 0.15) is 0 Å². The lowest BCUT2D eigenvalue weighted by Crippen LogP contribution is -2.06. The second-order valence-corrected chi connectivity index (χ2v) is 8.53. The number of rotatable bonds is 6. The van der Waals surface area contributed by atoms with E-state index in [9.17, 15) is 0 Å². The van der Waals surface area contributed by atoms with Gasteiger partial charge in [0.15, 0.2) is 0 Å². The molecule has 1 unspecified atom stereocenters. The molecule has 0 aliphatic heterocycles. The lowest BCUT2D eigenvalue weighted by Gasteiger charge is -2.19. The van der Waals surface area contributed by atoms with Crippen molar-refractivity contribution in [1.82, 2.24) is 0 Å². The van der Waals surface area contributed by atoms with E-state index in [1.807, 2.05) is 0 Å². The highest BCUT2D eigenvalue weighted by molar-refractivity contribution is 5.33. The van der Waals surface area contributed by atoms with Crippen LogP contribution in [0.3, 0.4) is 0 Å². The summed E-state index contributed by atoms with van der Waals surface area (Å²) in [6, 6.07) is 0. The third-order valence-corrected chi connectivity index (χ3v) is 5.65. The third kappa shape index (κ3) is 6.30. The molecule has 0 saturated carbocycles. The summed E-state index contributed by atoms with van der Waals surface area (Å²) in [4.78, 5) is 0. The molecule has 1 aliphatic rings. The topological polar surface area (TPSA) is 0 Å². The van der Waals surface area contributed by atoms with Crippen LogP contribution in [0.5, 0.6) is 0 Å². The van der Waals surface area contributed by atoms with E-state index < -0.39 is 0 Å². The molecular formula is C24H38. The van der Waals surface area contributed by atoms with Gasteiger partial charge in [-0.05, 0) is 77.2 Å². The van der Waals surface area contributed by atoms with Crippen molar-refractivity contribution in [2.45, 2.75) is 81.1 Å². The molecule has 0 aromatic heterocycles. The molecule has 0 heteroatoms. The minimum absolute atomic E-state index is 0.328. The van der Waals surface area contributed by atoms with E-state index in [0.29, 0.717) is 11.3 Å². The molecule has 0 saturated heterocycles. The van der Waals surface area contributed by atoms with Crippen molar-refractivity contribution in [2.75, 3.05) is 0 Å². The zero-order valence-electron chi connectivity index (χ0n) is 17.3. The maximum Gasteiger partial charge on any atom is -0.00484 e. The molecule has 0 spiro atoms. The molecule has 0 N–H and O–H groups in total. The van der Waals surface area contributed by atoms with E-state index in [0.717, 1.165) is 12.8 Å². The Morgan fingerprint density at radius 3 is 2.46 bits per heavy atom. The number of allylic oxidation sites excluding steroid dienone is 9. The zero-order valence-corrected chi connectivity index (χ0v) is 17.3. The molecule has 0 aromatic carbocycles. The quantitative estimate of drug-likeness (QED) is 0.343. The molecule has 0 aromatic rings. The number of hydrogen-bond donors (Lipinski definition) is 0. The van der Waals surface area contributed by atoms with Crippen LogP contribution in [-0.2, 0) is 0 Å². The first kappa shape index (κ1) is 20.7. The minimum Gasteiger partial charge on any atom is -0.0993 e. The Bertz CT molecular complexity index is 584. The van der Waals surface area contributed by atoms with Gasteiger partial charge in [-0.2, -0.15) is 0 Å². The highest BCUT2D eigenvalue weighted by Crippen LogP contribution is 2.34. The van der Waals surface area contributed by atoms with Crippen LogP contribution in [0.1, 0.15) is 81.1 Å².